The van der Waals surface area contributed by atoms with Crippen LogP contribution in [0.1, 0.15) is 12.8 Å². The van der Waals surface area contributed by atoms with E-state index in [-0.39, 0.29) is 5.49 Å². The number of hydrogen-bond acceptors (Lipinski definition) is 5. The Bertz CT molecular complexity index is 1000. The number of unbranched alkanes of at least 4 members (excludes halogenated alkanes) is 1. The van der Waals surface area contributed by atoms with Crippen molar-refractivity contribution in [1.29, 1.82) is 5.41 Å². The first kappa shape index (κ1) is 17.6. The molecule has 0 aliphatic heterocycles. The summed E-state index contributed by atoms with van der Waals surface area (Å²) in [6.07, 6.45) is 8.48. The smallest absolute Gasteiger partial charge is 0.173 e. The molecule has 0 aliphatic carbocycles. The van der Waals surface area contributed by atoms with E-state index in [9.17, 15) is 0 Å². The van der Waals surface area contributed by atoms with Crippen LogP contribution in [0.4, 0.5) is 0 Å². The molecule has 128 valence electrons. The van der Waals surface area contributed by atoms with Gasteiger partial charge in [0, 0.05) is 17.4 Å². The number of aromatic amines is 1. The number of terminal acetylenes is 1. The number of halogens is 1. The number of ether oxygens (including phenoxy) is 1. The number of H-pyrrole nitrogens is 1. The first-order valence-corrected chi connectivity index (χ1v) is 9.18. The van der Waals surface area contributed by atoms with E-state index in [1.165, 1.54) is 11.8 Å². The van der Waals surface area contributed by atoms with E-state index in [0.29, 0.717) is 29.3 Å². The maximum absolute atomic E-state index is 8.01. The lowest BCUT2D eigenvalue weighted by molar-refractivity contribution is 0.404. The Hall–Kier alpha value is -2.24. The topological polar surface area (TPSA) is 79.6 Å². The maximum atomic E-state index is 8.01. The van der Waals surface area contributed by atoms with Crippen LogP contribution in [0.25, 0.3) is 11.2 Å². The summed E-state index contributed by atoms with van der Waals surface area (Å²) in [7, 11) is 1.64. The van der Waals surface area contributed by atoms with E-state index in [0.717, 1.165) is 21.5 Å². The second-order valence-corrected chi connectivity index (χ2v) is 7.18. The number of imidazole rings is 1. The fourth-order valence-corrected chi connectivity index (χ4v) is 3.80. The number of rotatable bonds is 6. The molecule has 3 rings (SSSR count). The van der Waals surface area contributed by atoms with Gasteiger partial charge >= 0.3 is 0 Å². The summed E-state index contributed by atoms with van der Waals surface area (Å²) < 4.78 is 8.28. The molecule has 0 fully saturated rings. The Kier molecular flexibility index (Phi) is 5.46. The van der Waals surface area contributed by atoms with Gasteiger partial charge in [0.1, 0.15) is 11.3 Å². The van der Waals surface area contributed by atoms with Crippen molar-refractivity contribution in [2.75, 3.05) is 7.11 Å². The van der Waals surface area contributed by atoms with Crippen LogP contribution in [0.15, 0.2) is 39.1 Å². The molecule has 0 amide bonds. The van der Waals surface area contributed by atoms with Crippen LogP contribution in [-0.4, -0.2) is 26.6 Å². The third-order valence-corrected chi connectivity index (χ3v) is 4.97. The van der Waals surface area contributed by atoms with Gasteiger partial charge in [-0.25, -0.2) is 9.97 Å². The highest BCUT2D eigenvalue weighted by Gasteiger charge is 2.12. The lowest BCUT2D eigenvalue weighted by atomic mass is 10.3. The van der Waals surface area contributed by atoms with Gasteiger partial charge in [-0.3, -0.25) is 5.41 Å². The summed E-state index contributed by atoms with van der Waals surface area (Å²) >= 11 is 4.92. The highest BCUT2D eigenvalue weighted by Crippen LogP contribution is 2.35. The summed E-state index contributed by atoms with van der Waals surface area (Å²) in [5.74, 6) is 3.40. The van der Waals surface area contributed by atoms with Crippen molar-refractivity contribution < 1.29 is 4.74 Å². The van der Waals surface area contributed by atoms with Gasteiger partial charge in [0.05, 0.1) is 18.3 Å². The Morgan fingerprint density at radius 1 is 1.48 bits per heavy atom. The van der Waals surface area contributed by atoms with Crippen LogP contribution >= 0.6 is 27.7 Å². The van der Waals surface area contributed by atoms with Gasteiger partial charge in [-0.15, -0.1) is 12.3 Å². The molecular weight excluding hydrogens is 402 g/mol. The Morgan fingerprint density at radius 2 is 2.32 bits per heavy atom. The molecule has 6 nitrogen and oxygen atoms in total. The zero-order valence-corrected chi connectivity index (χ0v) is 15.9. The number of nitrogens with one attached hydrogen (secondary N) is 2. The number of benzene rings is 1. The van der Waals surface area contributed by atoms with Crippen LogP contribution in [0.5, 0.6) is 5.75 Å². The molecule has 2 aromatic heterocycles. The summed E-state index contributed by atoms with van der Waals surface area (Å²) in [6.45, 7) is 0.711. The van der Waals surface area contributed by atoms with E-state index >= 15 is 0 Å². The summed E-state index contributed by atoms with van der Waals surface area (Å²) in [5, 5.41) is 8.69. The van der Waals surface area contributed by atoms with Crippen molar-refractivity contribution in [2.24, 2.45) is 0 Å². The molecule has 0 unspecified atom stereocenters. The molecule has 2 heterocycles. The summed E-state index contributed by atoms with van der Waals surface area (Å²) in [5.41, 5.74) is 1.48. The molecule has 0 saturated carbocycles. The molecular formula is C17H16BrN5OS. The van der Waals surface area contributed by atoms with Crippen molar-refractivity contribution in [3.8, 4) is 18.1 Å². The largest absolute Gasteiger partial charge is 0.496 e. The molecule has 1 aromatic carbocycles. The fourth-order valence-electron chi connectivity index (χ4n) is 2.36. The predicted molar refractivity (Wildman–Crippen MR) is 101 cm³/mol. The highest BCUT2D eigenvalue weighted by molar-refractivity contribution is 9.10. The molecule has 0 saturated heterocycles. The molecule has 3 aromatic rings. The average Bonchev–Trinajstić information content (AvgIpc) is 3.02. The minimum Gasteiger partial charge on any atom is -0.496 e. The highest BCUT2D eigenvalue weighted by atomic mass is 79.9. The molecule has 0 aliphatic rings. The zero-order chi connectivity index (χ0) is 17.8. The lowest BCUT2D eigenvalue weighted by Crippen LogP contribution is -2.12. The number of fused-ring (bicyclic) bond motifs is 1. The van der Waals surface area contributed by atoms with E-state index in [4.69, 9.17) is 16.6 Å². The Balaban J connectivity index is 1.97. The van der Waals surface area contributed by atoms with Gasteiger partial charge in [-0.1, -0.05) is 15.9 Å². The van der Waals surface area contributed by atoms with Crippen LogP contribution in [0, 0.1) is 17.8 Å². The first-order valence-electron chi connectivity index (χ1n) is 7.57. The molecule has 0 atom stereocenters. The van der Waals surface area contributed by atoms with E-state index in [1.807, 2.05) is 22.8 Å². The second kappa shape index (κ2) is 7.76. The van der Waals surface area contributed by atoms with Crippen LogP contribution in [0.3, 0.4) is 0 Å². The lowest BCUT2D eigenvalue weighted by Gasteiger charge is -2.06. The zero-order valence-electron chi connectivity index (χ0n) is 13.5. The minimum absolute atomic E-state index is 0.170. The van der Waals surface area contributed by atoms with E-state index in [2.05, 4.69) is 36.8 Å². The SMILES string of the molecule is C#CCCCn1cnc(=N)c2[nH]c(Sc3cc(Br)ccc3OC)nc21. The van der Waals surface area contributed by atoms with Crippen LogP contribution in [-0.2, 0) is 6.54 Å². The molecule has 25 heavy (non-hydrogen) atoms. The molecule has 0 spiro atoms. The van der Waals surface area contributed by atoms with Gasteiger partial charge in [-0.05, 0) is 36.4 Å². The third-order valence-electron chi connectivity index (χ3n) is 3.55. The fraction of sp³-hybridized carbons (Fsp3) is 0.235. The second-order valence-electron chi connectivity index (χ2n) is 5.23. The monoisotopic (exact) mass is 417 g/mol. The van der Waals surface area contributed by atoms with Gasteiger partial charge in [-0.2, -0.15) is 0 Å². The number of nitrogens with zero attached hydrogens (tertiary/aromatic N) is 3. The summed E-state index contributed by atoms with van der Waals surface area (Å²) in [6, 6.07) is 5.79. The minimum atomic E-state index is 0.170. The molecule has 0 bridgehead atoms. The van der Waals surface area contributed by atoms with Crippen molar-refractivity contribution in [3.05, 3.63) is 34.5 Å². The van der Waals surface area contributed by atoms with Crippen molar-refractivity contribution in [2.45, 2.75) is 29.4 Å². The van der Waals surface area contributed by atoms with Crippen LogP contribution < -0.4 is 10.2 Å². The first-order chi connectivity index (χ1) is 12.1. The van der Waals surface area contributed by atoms with Crippen molar-refractivity contribution in [1.82, 2.24) is 19.5 Å². The summed E-state index contributed by atoms with van der Waals surface area (Å²) in [4.78, 5) is 12.9. The molecule has 8 heteroatoms. The van der Waals surface area contributed by atoms with E-state index in [1.54, 1.807) is 13.4 Å². The quantitative estimate of drug-likeness (QED) is 0.474. The number of aromatic nitrogens is 4. The van der Waals surface area contributed by atoms with Crippen molar-refractivity contribution in [3.63, 3.8) is 0 Å². The number of methoxy groups -OCH3 is 1. The number of hydrogen-bond donors (Lipinski definition) is 2. The normalized spacial score (nSPS) is 10.8. The molecule has 0 radical (unpaired) electrons. The molecule has 2 N–H and O–H groups in total. The maximum Gasteiger partial charge on any atom is 0.173 e. The van der Waals surface area contributed by atoms with Gasteiger partial charge in [0.15, 0.2) is 16.3 Å². The average molecular weight is 418 g/mol. The van der Waals surface area contributed by atoms with Crippen molar-refractivity contribution >= 4 is 38.9 Å². The Labute approximate surface area is 157 Å². The van der Waals surface area contributed by atoms with Gasteiger partial charge in [0.25, 0.3) is 0 Å². The van der Waals surface area contributed by atoms with Crippen LogP contribution in [0.2, 0.25) is 0 Å². The van der Waals surface area contributed by atoms with E-state index < -0.39 is 0 Å². The standard InChI is InChI=1S/C17H16BrN5OS/c1-3-4-5-8-23-10-20-15(19)14-16(23)22-17(21-14)25-13-9-11(18)6-7-12(13)24-2/h1,6-7,9-10,19H,4-5,8H2,2H3,(H,21,22). The van der Waals surface area contributed by atoms with Gasteiger partial charge in [0.2, 0.25) is 0 Å². The Morgan fingerprint density at radius 3 is 3.08 bits per heavy atom. The van der Waals surface area contributed by atoms with Gasteiger partial charge < -0.3 is 14.3 Å². The number of aryl methyl sites for hydroxylation is 1. The predicted octanol–water partition coefficient (Wildman–Crippen LogP) is 3.57. The third kappa shape index (κ3) is 3.89.